The summed E-state index contributed by atoms with van der Waals surface area (Å²) in [4.78, 5) is 2.70. The lowest BCUT2D eigenvalue weighted by Gasteiger charge is -2.48. The summed E-state index contributed by atoms with van der Waals surface area (Å²) in [5.74, 6) is 0.998. The summed E-state index contributed by atoms with van der Waals surface area (Å²) in [5.41, 5.74) is 1.65. The van der Waals surface area contributed by atoms with Gasteiger partial charge in [-0.15, -0.1) is 0 Å². The molecule has 1 saturated heterocycles. The van der Waals surface area contributed by atoms with Crippen LogP contribution < -0.4 is 10.1 Å². The molecule has 0 amide bonds. The van der Waals surface area contributed by atoms with Gasteiger partial charge in [0.15, 0.2) is 0 Å². The van der Waals surface area contributed by atoms with E-state index < -0.39 is 0 Å². The zero-order valence-electron chi connectivity index (χ0n) is 13.0. The van der Waals surface area contributed by atoms with E-state index in [1.54, 1.807) is 7.11 Å². The third kappa shape index (κ3) is 3.13. The molecule has 0 bridgehead atoms. The van der Waals surface area contributed by atoms with Crippen LogP contribution in [-0.4, -0.2) is 36.7 Å². The standard InChI is InChI=1S/C17H25BrN2O/c1-13-10-20(17(12-19-13)7-3-4-8-17)11-14-9-15(18)5-6-16(14)21-2/h5-6,9,13,19H,3-4,7-8,10-12H2,1-2H3. The van der Waals surface area contributed by atoms with Crippen molar-refractivity contribution >= 4 is 15.9 Å². The predicted molar refractivity (Wildman–Crippen MR) is 89.8 cm³/mol. The van der Waals surface area contributed by atoms with E-state index in [4.69, 9.17) is 4.74 Å². The first-order valence-electron chi connectivity index (χ1n) is 7.94. The molecule has 3 nitrogen and oxygen atoms in total. The Hall–Kier alpha value is -0.580. The fourth-order valence-electron chi connectivity index (χ4n) is 3.90. The molecule has 116 valence electrons. The van der Waals surface area contributed by atoms with Gasteiger partial charge in [0.1, 0.15) is 5.75 Å². The third-order valence-electron chi connectivity index (χ3n) is 5.08. The van der Waals surface area contributed by atoms with Gasteiger partial charge in [-0.1, -0.05) is 28.8 Å². The zero-order valence-corrected chi connectivity index (χ0v) is 14.6. The normalized spacial score (nSPS) is 25.4. The SMILES string of the molecule is COc1ccc(Br)cc1CN1CC(C)NCC12CCCC2. The molecule has 3 rings (SSSR count). The molecule has 1 aromatic carbocycles. The van der Waals surface area contributed by atoms with Crippen LogP contribution in [0.1, 0.15) is 38.2 Å². The van der Waals surface area contributed by atoms with E-state index >= 15 is 0 Å². The molecule has 1 aliphatic carbocycles. The maximum atomic E-state index is 5.56. The summed E-state index contributed by atoms with van der Waals surface area (Å²) in [6.07, 6.45) is 5.37. The Balaban J connectivity index is 1.85. The van der Waals surface area contributed by atoms with Gasteiger partial charge in [-0.05, 0) is 38.0 Å². The Labute approximate surface area is 136 Å². The number of benzene rings is 1. The number of nitrogens with one attached hydrogen (secondary N) is 1. The molecule has 1 aliphatic heterocycles. The Kier molecular flexibility index (Phi) is 4.57. The first-order valence-corrected chi connectivity index (χ1v) is 8.73. The van der Waals surface area contributed by atoms with E-state index in [0.29, 0.717) is 11.6 Å². The summed E-state index contributed by atoms with van der Waals surface area (Å²) >= 11 is 3.59. The average Bonchev–Trinajstić information content (AvgIpc) is 2.93. The lowest BCUT2D eigenvalue weighted by molar-refractivity contribution is 0.0386. The quantitative estimate of drug-likeness (QED) is 0.899. The van der Waals surface area contributed by atoms with Crippen molar-refractivity contribution in [3.05, 3.63) is 28.2 Å². The summed E-state index contributed by atoms with van der Waals surface area (Å²) in [6.45, 7) is 5.52. The molecule has 1 aromatic rings. The molecular formula is C17H25BrN2O. The van der Waals surface area contributed by atoms with Crippen LogP contribution in [0.25, 0.3) is 0 Å². The minimum Gasteiger partial charge on any atom is -0.496 e. The molecule has 0 radical (unpaired) electrons. The molecule has 1 heterocycles. The number of hydrogen-bond donors (Lipinski definition) is 1. The Morgan fingerprint density at radius 1 is 1.38 bits per heavy atom. The second-order valence-electron chi connectivity index (χ2n) is 6.55. The van der Waals surface area contributed by atoms with Crippen LogP contribution in [0, 0.1) is 0 Å². The van der Waals surface area contributed by atoms with Crippen LogP contribution in [0.5, 0.6) is 5.75 Å². The largest absolute Gasteiger partial charge is 0.496 e. The van der Waals surface area contributed by atoms with E-state index in [2.05, 4.69) is 45.2 Å². The molecule has 2 fully saturated rings. The van der Waals surface area contributed by atoms with Crippen LogP contribution >= 0.6 is 15.9 Å². The number of rotatable bonds is 3. The second-order valence-corrected chi connectivity index (χ2v) is 7.47. The van der Waals surface area contributed by atoms with Crippen molar-refractivity contribution in [2.45, 2.75) is 50.7 Å². The van der Waals surface area contributed by atoms with Crippen LogP contribution in [0.15, 0.2) is 22.7 Å². The molecule has 1 unspecified atom stereocenters. The van der Waals surface area contributed by atoms with Gasteiger partial charge in [-0.25, -0.2) is 0 Å². The third-order valence-corrected chi connectivity index (χ3v) is 5.58. The highest BCUT2D eigenvalue weighted by molar-refractivity contribution is 9.10. The van der Waals surface area contributed by atoms with E-state index in [0.717, 1.165) is 29.9 Å². The molecule has 1 N–H and O–H groups in total. The van der Waals surface area contributed by atoms with Crippen molar-refractivity contribution in [1.29, 1.82) is 0 Å². The van der Waals surface area contributed by atoms with E-state index in [9.17, 15) is 0 Å². The van der Waals surface area contributed by atoms with E-state index in [1.165, 1.54) is 31.2 Å². The van der Waals surface area contributed by atoms with Crippen molar-refractivity contribution in [2.75, 3.05) is 20.2 Å². The van der Waals surface area contributed by atoms with Crippen LogP contribution in [0.4, 0.5) is 0 Å². The van der Waals surface area contributed by atoms with Gasteiger partial charge in [0.2, 0.25) is 0 Å². The molecule has 4 heteroatoms. The van der Waals surface area contributed by atoms with Crippen molar-refractivity contribution in [3.63, 3.8) is 0 Å². The minimum atomic E-state index is 0.361. The summed E-state index contributed by atoms with van der Waals surface area (Å²) in [7, 11) is 1.76. The highest BCUT2D eigenvalue weighted by Gasteiger charge is 2.42. The minimum absolute atomic E-state index is 0.361. The zero-order chi connectivity index (χ0) is 14.9. The Morgan fingerprint density at radius 3 is 2.86 bits per heavy atom. The van der Waals surface area contributed by atoms with Crippen molar-refractivity contribution in [1.82, 2.24) is 10.2 Å². The number of ether oxygens (including phenoxy) is 1. The lowest BCUT2D eigenvalue weighted by atomic mass is 9.90. The molecule has 2 aliphatic rings. The fraction of sp³-hybridized carbons (Fsp3) is 0.647. The van der Waals surface area contributed by atoms with Gasteiger partial charge in [-0.2, -0.15) is 0 Å². The number of piperazine rings is 1. The smallest absolute Gasteiger partial charge is 0.123 e. The number of methoxy groups -OCH3 is 1. The monoisotopic (exact) mass is 352 g/mol. The van der Waals surface area contributed by atoms with E-state index in [1.807, 2.05) is 6.07 Å². The first kappa shape index (κ1) is 15.3. The highest BCUT2D eigenvalue weighted by Crippen LogP contribution is 2.38. The van der Waals surface area contributed by atoms with E-state index in [-0.39, 0.29) is 0 Å². The highest BCUT2D eigenvalue weighted by atomic mass is 79.9. The van der Waals surface area contributed by atoms with Gasteiger partial charge in [0.05, 0.1) is 7.11 Å². The molecule has 1 saturated carbocycles. The Morgan fingerprint density at radius 2 is 2.14 bits per heavy atom. The molecule has 1 spiro atoms. The van der Waals surface area contributed by atoms with Gasteiger partial charge >= 0.3 is 0 Å². The van der Waals surface area contributed by atoms with Crippen LogP contribution in [-0.2, 0) is 6.54 Å². The fourth-order valence-corrected chi connectivity index (χ4v) is 4.31. The van der Waals surface area contributed by atoms with Gasteiger partial charge in [0, 0.05) is 41.3 Å². The van der Waals surface area contributed by atoms with Gasteiger partial charge in [0.25, 0.3) is 0 Å². The summed E-state index contributed by atoms with van der Waals surface area (Å²) < 4.78 is 6.68. The number of hydrogen-bond acceptors (Lipinski definition) is 3. The summed E-state index contributed by atoms with van der Waals surface area (Å²) in [6, 6.07) is 6.88. The van der Waals surface area contributed by atoms with Gasteiger partial charge < -0.3 is 10.1 Å². The predicted octanol–water partition coefficient (Wildman–Crippen LogP) is 3.56. The molecule has 0 aromatic heterocycles. The average molecular weight is 353 g/mol. The van der Waals surface area contributed by atoms with Crippen molar-refractivity contribution in [2.24, 2.45) is 0 Å². The topological polar surface area (TPSA) is 24.5 Å². The molecule has 1 atom stereocenters. The Bertz CT molecular complexity index is 500. The molecular weight excluding hydrogens is 328 g/mol. The van der Waals surface area contributed by atoms with Crippen molar-refractivity contribution in [3.8, 4) is 5.75 Å². The maximum absolute atomic E-state index is 5.56. The number of nitrogens with zero attached hydrogens (tertiary/aromatic N) is 1. The first-order chi connectivity index (χ1) is 10.1. The number of halogens is 1. The summed E-state index contributed by atoms with van der Waals surface area (Å²) in [5, 5.41) is 3.69. The lowest BCUT2D eigenvalue weighted by Crippen LogP contribution is -2.62. The maximum Gasteiger partial charge on any atom is 0.123 e. The van der Waals surface area contributed by atoms with Crippen LogP contribution in [0.2, 0.25) is 0 Å². The molecule has 21 heavy (non-hydrogen) atoms. The van der Waals surface area contributed by atoms with Gasteiger partial charge in [-0.3, -0.25) is 4.90 Å². The van der Waals surface area contributed by atoms with Crippen molar-refractivity contribution < 1.29 is 4.74 Å². The van der Waals surface area contributed by atoms with Crippen LogP contribution in [0.3, 0.4) is 0 Å². The second kappa shape index (κ2) is 6.27.